The molecule has 0 radical (unpaired) electrons. The Balaban J connectivity index is 1.69. The molecule has 7 heteroatoms. The van der Waals surface area contributed by atoms with Gasteiger partial charge in [0, 0.05) is 11.6 Å². The molecule has 0 spiro atoms. The van der Waals surface area contributed by atoms with Crippen LogP contribution in [0.3, 0.4) is 0 Å². The van der Waals surface area contributed by atoms with Crippen LogP contribution < -0.4 is 9.47 Å². The second-order valence-corrected chi connectivity index (χ2v) is 6.99. The normalized spacial score (nSPS) is 11.4. The lowest BCUT2D eigenvalue weighted by molar-refractivity contribution is 0.394. The van der Waals surface area contributed by atoms with Crippen molar-refractivity contribution in [1.29, 1.82) is 0 Å². The minimum atomic E-state index is 0.647. The van der Waals surface area contributed by atoms with Gasteiger partial charge in [-0.1, -0.05) is 47.2 Å². The summed E-state index contributed by atoms with van der Waals surface area (Å²) in [6, 6.07) is 13.9. The zero-order valence-electron chi connectivity index (χ0n) is 15.2. The number of aryl methyl sites for hydroxylation is 1. The molecule has 0 aliphatic heterocycles. The van der Waals surface area contributed by atoms with Crippen LogP contribution >= 0.6 is 11.3 Å². The Morgan fingerprint density at radius 2 is 1.63 bits per heavy atom. The van der Waals surface area contributed by atoms with Crippen molar-refractivity contribution in [3.8, 4) is 22.9 Å². The van der Waals surface area contributed by atoms with Crippen LogP contribution in [0.1, 0.15) is 16.1 Å². The lowest BCUT2D eigenvalue weighted by Gasteiger charge is -2.06. The third-order valence-corrected chi connectivity index (χ3v) is 4.98. The average molecular weight is 378 g/mol. The summed E-state index contributed by atoms with van der Waals surface area (Å²) in [4.78, 5) is 0.732. The van der Waals surface area contributed by atoms with E-state index in [2.05, 4.69) is 46.5 Å². The minimum absolute atomic E-state index is 0.647. The molecule has 0 unspecified atom stereocenters. The molecule has 0 bridgehead atoms. The highest BCUT2D eigenvalue weighted by Gasteiger charge is 2.14. The first-order valence-electron chi connectivity index (χ1n) is 8.37. The van der Waals surface area contributed by atoms with E-state index in [9.17, 15) is 0 Å². The van der Waals surface area contributed by atoms with Gasteiger partial charge >= 0.3 is 0 Å². The Bertz CT molecular complexity index is 1090. The fraction of sp³-hybridized carbons (Fsp3) is 0.150. The van der Waals surface area contributed by atoms with Crippen molar-refractivity contribution in [3.05, 3.63) is 58.6 Å². The van der Waals surface area contributed by atoms with Gasteiger partial charge in [-0.25, -0.2) is 0 Å². The van der Waals surface area contributed by atoms with Crippen LogP contribution in [0.25, 0.3) is 28.5 Å². The highest BCUT2D eigenvalue weighted by Crippen LogP contribution is 2.30. The van der Waals surface area contributed by atoms with Crippen molar-refractivity contribution in [3.63, 3.8) is 0 Å². The predicted octanol–water partition coefficient (Wildman–Crippen LogP) is 4.35. The van der Waals surface area contributed by atoms with Gasteiger partial charge in [0.1, 0.15) is 16.5 Å². The molecule has 0 amide bonds. The molecule has 0 N–H and O–H groups in total. The van der Waals surface area contributed by atoms with Crippen molar-refractivity contribution >= 4 is 28.4 Å². The zero-order valence-corrected chi connectivity index (χ0v) is 16.0. The molecular weight excluding hydrogens is 360 g/mol. The second kappa shape index (κ2) is 7.20. The molecule has 0 atom stereocenters. The second-order valence-electron chi connectivity index (χ2n) is 6.00. The predicted molar refractivity (Wildman–Crippen MR) is 107 cm³/mol. The number of nitrogens with zero attached hydrogens (tertiary/aromatic N) is 4. The maximum absolute atomic E-state index is 5.34. The fourth-order valence-electron chi connectivity index (χ4n) is 2.66. The number of benzene rings is 2. The van der Waals surface area contributed by atoms with Gasteiger partial charge in [-0.05, 0) is 30.7 Å². The van der Waals surface area contributed by atoms with Crippen LogP contribution in [0.4, 0.5) is 0 Å². The number of aromatic nitrogens is 4. The van der Waals surface area contributed by atoms with Crippen molar-refractivity contribution in [1.82, 2.24) is 19.8 Å². The van der Waals surface area contributed by atoms with Crippen molar-refractivity contribution in [2.75, 3.05) is 14.2 Å². The van der Waals surface area contributed by atoms with Gasteiger partial charge in [0.2, 0.25) is 4.96 Å². The molecule has 136 valence electrons. The first-order valence-corrected chi connectivity index (χ1v) is 9.18. The third kappa shape index (κ3) is 3.54. The topological polar surface area (TPSA) is 61.5 Å². The van der Waals surface area contributed by atoms with E-state index in [-0.39, 0.29) is 0 Å². The number of fused-ring (bicyclic) bond motifs is 1. The summed E-state index contributed by atoms with van der Waals surface area (Å²) in [5.74, 6) is 2.03. The standard InChI is InChI=1S/C20H18N4O2S/c1-13-4-6-14(7-5-13)8-9-18-23-24-19(21-22-20(24)27-18)15-10-16(25-2)12-17(11-15)26-3/h4-12H,1-3H3/b9-8+. The summed E-state index contributed by atoms with van der Waals surface area (Å²) in [5, 5.41) is 14.0. The van der Waals surface area contributed by atoms with E-state index in [0.717, 1.165) is 21.1 Å². The quantitative estimate of drug-likeness (QED) is 0.517. The van der Waals surface area contributed by atoms with E-state index in [4.69, 9.17) is 9.47 Å². The first-order chi connectivity index (χ1) is 13.2. The number of hydrogen-bond acceptors (Lipinski definition) is 6. The summed E-state index contributed by atoms with van der Waals surface area (Å²) < 4.78 is 12.4. The molecule has 2 heterocycles. The van der Waals surface area contributed by atoms with Crippen LogP contribution in [0.5, 0.6) is 11.5 Å². The van der Waals surface area contributed by atoms with E-state index in [1.807, 2.05) is 30.4 Å². The molecule has 2 aromatic heterocycles. The van der Waals surface area contributed by atoms with Gasteiger partial charge in [0.15, 0.2) is 5.82 Å². The Labute approximate surface area is 160 Å². The summed E-state index contributed by atoms with van der Waals surface area (Å²) in [7, 11) is 3.24. The monoisotopic (exact) mass is 378 g/mol. The van der Waals surface area contributed by atoms with Crippen LogP contribution in [-0.4, -0.2) is 34.0 Å². The van der Waals surface area contributed by atoms with Gasteiger partial charge in [-0.15, -0.1) is 10.2 Å². The maximum Gasteiger partial charge on any atom is 0.235 e. The molecular formula is C20H18N4O2S. The summed E-state index contributed by atoms with van der Waals surface area (Å²) in [6.07, 6.45) is 4.03. The Morgan fingerprint density at radius 1 is 0.926 bits per heavy atom. The van der Waals surface area contributed by atoms with Crippen LogP contribution in [0.2, 0.25) is 0 Å². The smallest absolute Gasteiger partial charge is 0.235 e. The Morgan fingerprint density at radius 3 is 2.30 bits per heavy atom. The van der Waals surface area contributed by atoms with Crippen molar-refractivity contribution < 1.29 is 9.47 Å². The highest BCUT2D eigenvalue weighted by atomic mass is 32.1. The lowest BCUT2D eigenvalue weighted by atomic mass is 10.1. The van der Waals surface area contributed by atoms with Crippen LogP contribution in [0, 0.1) is 6.92 Å². The van der Waals surface area contributed by atoms with Crippen molar-refractivity contribution in [2.45, 2.75) is 6.92 Å². The SMILES string of the molecule is COc1cc(OC)cc(-c2nnc3sc(/C=C/c4ccc(C)cc4)nn23)c1. The van der Waals surface area contributed by atoms with E-state index in [1.54, 1.807) is 18.7 Å². The third-order valence-electron chi connectivity index (χ3n) is 4.11. The van der Waals surface area contributed by atoms with Gasteiger partial charge in [0.05, 0.1) is 14.2 Å². The summed E-state index contributed by atoms with van der Waals surface area (Å²) in [5.41, 5.74) is 3.20. The molecule has 4 rings (SSSR count). The lowest BCUT2D eigenvalue weighted by Crippen LogP contribution is -1.93. The van der Waals surface area contributed by atoms with Crippen molar-refractivity contribution in [2.24, 2.45) is 0 Å². The van der Waals surface area contributed by atoms with E-state index < -0.39 is 0 Å². The average Bonchev–Trinajstić information content (AvgIpc) is 3.27. The molecule has 0 saturated heterocycles. The largest absolute Gasteiger partial charge is 0.497 e. The first kappa shape index (κ1) is 17.2. The number of rotatable bonds is 5. The minimum Gasteiger partial charge on any atom is -0.497 e. The molecule has 0 aliphatic carbocycles. The van der Waals surface area contributed by atoms with E-state index in [1.165, 1.54) is 16.9 Å². The number of ether oxygens (including phenoxy) is 2. The molecule has 6 nitrogen and oxygen atoms in total. The molecule has 0 saturated carbocycles. The number of hydrogen-bond donors (Lipinski definition) is 0. The molecule has 4 aromatic rings. The van der Waals surface area contributed by atoms with Gasteiger partial charge in [0.25, 0.3) is 0 Å². The van der Waals surface area contributed by atoms with Crippen LogP contribution in [-0.2, 0) is 0 Å². The Kier molecular flexibility index (Phi) is 4.60. The molecule has 0 aliphatic rings. The molecule has 0 fully saturated rings. The fourth-order valence-corrected chi connectivity index (χ4v) is 3.40. The Hall–Kier alpha value is -3.19. The summed E-state index contributed by atoms with van der Waals surface area (Å²) in [6.45, 7) is 2.07. The van der Waals surface area contributed by atoms with E-state index >= 15 is 0 Å². The molecule has 2 aromatic carbocycles. The van der Waals surface area contributed by atoms with E-state index in [0.29, 0.717) is 17.3 Å². The molecule has 27 heavy (non-hydrogen) atoms. The van der Waals surface area contributed by atoms with Crippen LogP contribution in [0.15, 0.2) is 42.5 Å². The van der Waals surface area contributed by atoms with Gasteiger partial charge in [-0.3, -0.25) is 0 Å². The zero-order chi connectivity index (χ0) is 18.8. The van der Waals surface area contributed by atoms with Gasteiger partial charge in [-0.2, -0.15) is 9.61 Å². The van der Waals surface area contributed by atoms with Gasteiger partial charge < -0.3 is 9.47 Å². The highest BCUT2D eigenvalue weighted by molar-refractivity contribution is 7.17. The number of methoxy groups -OCH3 is 2. The summed E-state index contributed by atoms with van der Waals surface area (Å²) >= 11 is 1.48. The maximum atomic E-state index is 5.34.